The van der Waals surface area contributed by atoms with Gasteiger partial charge in [0.2, 0.25) is 0 Å². The molecule has 2 aliphatic heterocycles. The number of rotatable bonds is 3. The predicted octanol–water partition coefficient (Wildman–Crippen LogP) is 5.05. The van der Waals surface area contributed by atoms with E-state index in [2.05, 4.69) is 49.8 Å². The lowest BCUT2D eigenvalue weighted by Gasteiger charge is -2.40. The van der Waals surface area contributed by atoms with E-state index in [0.717, 1.165) is 0 Å². The molecule has 2 heterocycles. The number of ether oxygens (including phenoxy) is 1. The van der Waals surface area contributed by atoms with Gasteiger partial charge in [-0.2, -0.15) is 0 Å². The van der Waals surface area contributed by atoms with E-state index < -0.39 is 25.7 Å². The first-order chi connectivity index (χ1) is 11.0. The monoisotopic (exact) mass is 419 g/mol. The number of fused-ring (bicyclic) bond motifs is 1. The molecular formula is C17H24BrF2NO2Si. The molecule has 0 saturated carbocycles. The van der Waals surface area contributed by atoms with Crippen molar-refractivity contribution in [3.8, 4) is 0 Å². The van der Waals surface area contributed by atoms with E-state index in [1.54, 1.807) is 4.90 Å². The van der Waals surface area contributed by atoms with Crippen molar-refractivity contribution in [3.05, 3.63) is 28.2 Å². The number of hydrogen-bond acceptors (Lipinski definition) is 3. The molecule has 0 unspecified atom stereocenters. The molecule has 0 radical (unpaired) electrons. The second-order valence-electron chi connectivity index (χ2n) is 8.19. The Hall–Kier alpha value is -0.503. The van der Waals surface area contributed by atoms with E-state index >= 15 is 0 Å². The van der Waals surface area contributed by atoms with Crippen molar-refractivity contribution in [2.24, 2.45) is 0 Å². The lowest BCUT2D eigenvalue weighted by atomic mass is 10.1. The number of hydrogen-bond donors (Lipinski definition) is 0. The molecule has 2 aliphatic rings. The van der Waals surface area contributed by atoms with E-state index in [9.17, 15) is 8.78 Å². The Morgan fingerprint density at radius 3 is 2.38 bits per heavy atom. The standard InChI is InChI=1S/C17H24BrF2NO2Si/c1-16(2,3)24(4,5)23-17-6-7-21(10-14(17)22-17)15-12(19)8-11(18)9-13(15)20/h8-9,14H,6-7,10H2,1-5H3/t14-,17-/m1/s1. The van der Waals surface area contributed by atoms with Crippen molar-refractivity contribution < 1.29 is 17.9 Å². The third kappa shape index (κ3) is 3.16. The van der Waals surface area contributed by atoms with Crippen molar-refractivity contribution in [2.45, 2.75) is 57.2 Å². The third-order valence-electron chi connectivity index (χ3n) is 5.42. The first-order valence-corrected chi connectivity index (χ1v) is 11.9. The maximum absolute atomic E-state index is 14.2. The highest BCUT2D eigenvalue weighted by atomic mass is 79.9. The van der Waals surface area contributed by atoms with Crippen LogP contribution in [0.2, 0.25) is 18.1 Å². The minimum absolute atomic E-state index is 0.0228. The summed E-state index contributed by atoms with van der Waals surface area (Å²) < 4.78 is 41.1. The smallest absolute Gasteiger partial charge is 0.195 e. The zero-order chi connectivity index (χ0) is 17.9. The van der Waals surface area contributed by atoms with Crippen LogP contribution in [0.1, 0.15) is 27.2 Å². The molecule has 3 nitrogen and oxygen atoms in total. The second-order valence-corrected chi connectivity index (χ2v) is 13.8. The quantitative estimate of drug-likeness (QED) is 0.505. The van der Waals surface area contributed by atoms with Crippen LogP contribution in [0.4, 0.5) is 14.5 Å². The summed E-state index contributed by atoms with van der Waals surface area (Å²) in [5, 5.41) is 0.0965. The van der Waals surface area contributed by atoms with E-state index in [4.69, 9.17) is 9.16 Å². The van der Waals surface area contributed by atoms with E-state index in [1.165, 1.54) is 12.1 Å². The van der Waals surface area contributed by atoms with Gasteiger partial charge in [0.05, 0.1) is 0 Å². The summed E-state index contributed by atoms with van der Waals surface area (Å²) in [5.74, 6) is -1.66. The van der Waals surface area contributed by atoms with E-state index in [1.807, 2.05) is 0 Å². The normalized spacial score (nSPS) is 27.2. The maximum Gasteiger partial charge on any atom is 0.195 e. The van der Waals surface area contributed by atoms with Gasteiger partial charge in [-0.15, -0.1) is 0 Å². The summed E-state index contributed by atoms with van der Waals surface area (Å²) in [6.07, 6.45) is 0.502. The number of halogens is 3. The zero-order valence-electron chi connectivity index (χ0n) is 14.8. The van der Waals surface area contributed by atoms with Crippen LogP contribution in [0, 0.1) is 11.6 Å². The lowest BCUT2D eigenvalue weighted by molar-refractivity contribution is 0.0410. The molecule has 134 valence electrons. The largest absolute Gasteiger partial charge is 0.388 e. The van der Waals surface area contributed by atoms with Crippen molar-refractivity contribution >= 4 is 29.9 Å². The Morgan fingerprint density at radius 1 is 1.29 bits per heavy atom. The fourth-order valence-electron chi connectivity index (χ4n) is 2.95. The highest BCUT2D eigenvalue weighted by Gasteiger charge is 2.63. The summed E-state index contributed by atoms with van der Waals surface area (Å²) in [5.41, 5.74) is 0.0228. The fourth-order valence-corrected chi connectivity index (χ4v) is 4.80. The molecule has 1 aromatic rings. The molecule has 0 aliphatic carbocycles. The topological polar surface area (TPSA) is 25.0 Å². The Kier molecular flexibility index (Phi) is 4.39. The number of nitrogens with zero attached hydrogens (tertiary/aromatic N) is 1. The van der Waals surface area contributed by atoms with Crippen LogP contribution in [0.3, 0.4) is 0 Å². The molecule has 3 rings (SSSR count). The summed E-state index contributed by atoms with van der Waals surface area (Å²) in [7, 11) is -1.95. The zero-order valence-corrected chi connectivity index (χ0v) is 17.3. The van der Waals surface area contributed by atoms with E-state index in [0.29, 0.717) is 24.0 Å². The Labute approximate surface area is 151 Å². The van der Waals surface area contributed by atoms with Gasteiger partial charge < -0.3 is 14.1 Å². The van der Waals surface area contributed by atoms with Crippen molar-refractivity contribution in [3.63, 3.8) is 0 Å². The SMILES string of the molecule is CC(C)(C)[Si](C)(C)O[C@]12CCN(c3c(F)cc(Br)cc3F)C[C@H]1O2. The molecule has 0 bridgehead atoms. The molecule has 24 heavy (non-hydrogen) atoms. The number of epoxide rings is 1. The van der Waals surface area contributed by atoms with Gasteiger partial charge in [0.1, 0.15) is 11.8 Å². The van der Waals surface area contributed by atoms with Crippen molar-refractivity contribution in [1.29, 1.82) is 0 Å². The Morgan fingerprint density at radius 2 is 1.88 bits per heavy atom. The average molecular weight is 420 g/mol. The van der Waals surface area contributed by atoms with Gasteiger partial charge >= 0.3 is 0 Å². The van der Waals surface area contributed by atoms with Crippen molar-refractivity contribution in [2.75, 3.05) is 18.0 Å². The molecule has 0 N–H and O–H groups in total. The van der Waals surface area contributed by atoms with Crippen LogP contribution in [-0.2, 0) is 9.16 Å². The molecule has 0 aromatic heterocycles. The van der Waals surface area contributed by atoms with Crippen LogP contribution in [-0.4, -0.2) is 33.3 Å². The van der Waals surface area contributed by atoms with Gasteiger partial charge in [-0.25, -0.2) is 8.78 Å². The van der Waals surface area contributed by atoms with Gasteiger partial charge in [-0.1, -0.05) is 36.7 Å². The van der Waals surface area contributed by atoms with Gasteiger partial charge in [0, 0.05) is 24.0 Å². The minimum Gasteiger partial charge on any atom is -0.388 e. The van der Waals surface area contributed by atoms with Crippen LogP contribution >= 0.6 is 15.9 Å². The summed E-state index contributed by atoms with van der Waals surface area (Å²) >= 11 is 3.11. The minimum atomic E-state index is -1.95. The molecule has 0 amide bonds. The predicted molar refractivity (Wildman–Crippen MR) is 96.8 cm³/mol. The van der Waals surface area contributed by atoms with E-state index in [-0.39, 0.29) is 16.8 Å². The summed E-state index contributed by atoms with van der Waals surface area (Å²) in [4.78, 5) is 1.72. The molecule has 1 aromatic carbocycles. The molecule has 2 saturated heterocycles. The molecule has 2 atom stereocenters. The summed E-state index contributed by atoms with van der Waals surface area (Å²) in [6.45, 7) is 11.9. The average Bonchev–Trinajstić information content (AvgIpc) is 3.08. The fraction of sp³-hybridized carbons (Fsp3) is 0.647. The molecule has 0 spiro atoms. The second kappa shape index (κ2) is 5.76. The van der Waals surface area contributed by atoms with Gasteiger partial charge in [-0.05, 0) is 30.3 Å². The van der Waals surface area contributed by atoms with Gasteiger partial charge in [0.25, 0.3) is 0 Å². The van der Waals surface area contributed by atoms with Crippen LogP contribution in [0.25, 0.3) is 0 Å². The molecule has 7 heteroatoms. The summed E-state index contributed by atoms with van der Waals surface area (Å²) in [6, 6.07) is 2.58. The Bertz CT molecular complexity index is 641. The lowest BCUT2D eigenvalue weighted by Crippen LogP contribution is -2.50. The third-order valence-corrected chi connectivity index (χ3v) is 10.3. The number of anilines is 1. The van der Waals surface area contributed by atoms with Gasteiger partial charge in [-0.3, -0.25) is 0 Å². The van der Waals surface area contributed by atoms with Crippen LogP contribution < -0.4 is 4.90 Å². The first kappa shape index (κ1) is 18.3. The number of benzene rings is 1. The highest BCUT2D eigenvalue weighted by molar-refractivity contribution is 9.10. The van der Waals surface area contributed by atoms with Gasteiger partial charge in [0.15, 0.2) is 25.7 Å². The first-order valence-electron chi connectivity index (χ1n) is 8.23. The number of piperidine rings is 1. The molecular weight excluding hydrogens is 396 g/mol. The highest BCUT2D eigenvalue weighted by Crippen LogP contribution is 2.51. The Balaban J connectivity index is 1.74. The van der Waals surface area contributed by atoms with Crippen LogP contribution in [0.5, 0.6) is 0 Å². The molecule has 2 fully saturated rings. The van der Waals surface area contributed by atoms with Crippen molar-refractivity contribution in [1.82, 2.24) is 0 Å². The maximum atomic E-state index is 14.2. The van der Waals surface area contributed by atoms with Crippen LogP contribution in [0.15, 0.2) is 16.6 Å².